The highest BCUT2D eigenvalue weighted by Gasteiger charge is 2.15. The van der Waals surface area contributed by atoms with Crippen molar-refractivity contribution in [3.63, 3.8) is 0 Å². The van der Waals surface area contributed by atoms with Crippen molar-refractivity contribution in [1.82, 2.24) is 4.90 Å². The smallest absolute Gasteiger partial charge is 0.0802 e. The monoisotopic (exact) mass is 220 g/mol. The van der Waals surface area contributed by atoms with Gasteiger partial charge in [-0.05, 0) is 43.1 Å². The van der Waals surface area contributed by atoms with Crippen LogP contribution in [0.2, 0.25) is 0 Å². The molecule has 0 spiro atoms. The molecule has 3 heteroatoms. The first kappa shape index (κ1) is 11.6. The lowest BCUT2D eigenvalue weighted by molar-refractivity contribution is 0.170. The van der Waals surface area contributed by atoms with Gasteiger partial charge in [-0.1, -0.05) is 18.2 Å². The molecule has 88 valence electrons. The molecule has 3 N–H and O–H groups in total. The predicted molar refractivity (Wildman–Crippen MR) is 65.1 cm³/mol. The molecule has 1 atom stereocenters. The van der Waals surface area contributed by atoms with E-state index in [4.69, 9.17) is 5.73 Å². The first-order valence-electron chi connectivity index (χ1n) is 5.89. The molecule has 0 saturated heterocycles. The van der Waals surface area contributed by atoms with Crippen LogP contribution in [0.15, 0.2) is 18.2 Å². The molecule has 1 unspecified atom stereocenters. The van der Waals surface area contributed by atoms with Gasteiger partial charge in [-0.3, -0.25) is 0 Å². The minimum atomic E-state index is -0.407. The number of rotatable bonds is 3. The van der Waals surface area contributed by atoms with E-state index < -0.39 is 6.10 Å². The van der Waals surface area contributed by atoms with Gasteiger partial charge in [0.05, 0.1) is 6.10 Å². The maximum Gasteiger partial charge on any atom is 0.0802 e. The van der Waals surface area contributed by atoms with Gasteiger partial charge in [0.15, 0.2) is 0 Å². The largest absolute Gasteiger partial charge is 0.388 e. The van der Waals surface area contributed by atoms with Crippen LogP contribution in [0.4, 0.5) is 0 Å². The third-order valence-electron chi connectivity index (χ3n) is 3.26. The molecule has 1 aromatic rings. The second-order valence-electron chi connectivity index (χ2n) is 4.61. The fourth-order valence-corrected chi connectivity index (χ4v) is 2.25. The van der Waals surface area contributed by atoms with E-state index in [0.29, 0.717) is 13.0 Å². The molecular formula is C13H20N2O. The minimum absolute atomic E-state index is 0.407. The lowest BCUT2D eigenvalue weighted by atomic mass is 9.95. The topological polar surface area (TPSA) is 49.5 Å². The number of benzene rings is 1. The molecule has 0 radical (unpaired) electrons. The van der Waals surface area contributed by atoms with Crippen LogP contribution in [0.25, 0.3) is 0 Å². The summed E-state index contributed by atoms with van der Waals surface area (Å²) in [4.78, 5) is 2.32. The van der Waals surface area contributed by atoms with E-state index in [9.17, 15) is 5.11 Å². The summed E-state index contributed by atoms with van der Waals surface area (Å²) in [5.74, 6) is 0. The summed E-state index contributed by atoms with van der Waals surface area (Å²) in [6.07, 6.45) is 1.31. The van der Waals surface area contributed by atoms with Crippen LogP contribution < -0.4 is 5.73 Å². The van der Waals surface area contributed by atoms with Crippen molar-refractivity contribution in [2.45, 2.75) is 25.5 Å². The number of nitrogens with zero attached hydrogens (tertiary/aromatic N) is 1. The number of hydrogen-bond acceptors (Lipinski definition) is 3. The molecule has 1 aliphatic heterocycles. The molecule has 0 aromatic heterocycles. The van der Waals surface area contributed by atoms with E-state index in [1.165, 1.54) is 11.1 Å². The molecular weight excluding hydrogens is 200 g/mol. The molecule has 1 aliphatic rings. The van der Waals surface area contributed by atoms with Gasteiger partial charge >= 0.3 is 0 Å². The molecule has 0 fully saturated rings. The average molecular weight is 220 g/mol. The molecule has 0 aliphatic carbocycles. The first-order valence-corrected chi connectivity index (χ1v) is 5.89. The Hall–Kier alpha value is -0.900. The number of aliphatic hydroxyl groups is 1. The first-order chi connectivity index (χ1) is 7.70. The van der Waals surface area contributed by atoms with Gasteiger partial charge in [0, 0.05) is 13.1 Å². The van der Waals surface area contributed by atoms with E-state index in [1.807, 2.05) is 6.07 Å². The zero-order chi connectivity index (χ0) is 11.5. The van der Waals surface area contributed by atoms with E-state index >= 15 is 0 Å². The number of aliphatic hydroxyl groups excluding tert-OH is 1. The Kier molecular flexibility index (Phi) is 3.59. The van der Waals surface area contributed by atoms with E-state index in [-0.39, 0.29) is 0 Å². The van der Waals surface area contributed by atoms with Crippen LogP contribution in [0, 0.1) is 0 Å². The highest BCUT2D eigenvalue weighted by Crippen LogP contribution is 2.23. The van der Waals surface area contributed by atoms with Crippen molar-refractivity contribution < 1.29 is 5.11 Å². The van der Waals surface area contributed by atoms with E-state index in [0.717, 1.165) is 25.1 Å². The van der Waals surface area contributed by atoms with Crippen molar-refractivity contribution in [1.29, 1.82) is 0 Å². The fraction of sp³-hybridized carbons (Fsp3) is 0.538. The Bertz CT molecular complexity index is 365. The molecule has 3 nitrogen and oxygen atoms in total. The number of hydrogen-bond donors (Lipinski definition) is 2. The van der Waals surface area contributed by atoms with Gasteiger partial charge in [-0.15, -0.1) is 0 Å². The average Bonchev–Trinajstić information content (AvgIpc) is 2.28. The quantitative estimate of drug-likeness (QED) is 0.800. The fourth-order valence-electron chi connectivity index (χ4n) is 2.25. The predicted octanol–water partition coefficient (Wildman–Crippen LogP) is 1.06. The lowest BCUT2D eigenvalue weighted by Crippen LogP contribution is -2.26. The van der Waals surface area contributed by atoms with Crippen LogP contribution in [0.1, 0.15) is 29.2 Å². The second kappa shape index (κ2) is 4.95. The number of likely N-dealkylation sites (N-methyl/N-ethyl adjacent to an activating group) is 1. The Labute approximate surface area is 96.9 Å². The number of nitrogens with two attached hydrogens (primary N) is 1. The van der Waals surface area contributed by atoms with Gasteiger partial charge in [0.1, 0.15) is 0 Å². The zero-order valence-corrected chi connectivity index (χ0v) is 9.82. The Morgan fingerprint density at radius 1 is 1.44 bits per heavy atom. The highest BCUT2D eigenvalue weighted by atomic mass is 16.3. The van der Waals surface area contributed by atoms with Crippen LogP contribution in [0.5, 0.6) is 0 Å². The second-order valence-corrected chi connectivity index (χ2v) is 4.61. The van der Waals surface area contributed by atoms with Crippen molar-refractivity contribution >= 4 is 0 Å². The summed E-state index contributed by atoms with van der Waals surface area (Å²) in [6, 6.07) is 6.31. The van der Waals surface area contributed by atoms with E-state index in [1.54, 1.807) is 0 Å². The van der Waals surface area contributed by atoms with Gasteiger partial charge in [0.25, 0.3) is 0 Å². The maximum atomic E-state index is 9.88. The van der Waals surface area contributed by atoms with Crippen molar-refractivity contribution in [2.24, 2.45) is 5.73 Å². The SMILES string of the molecule is CN1CCc2cc(C(O)CCN)ccc2C1. The Morgan fingerprint density at radius 3 is 3.00 bits per heavy atom. The Balaban J connectivity index is 2.19. The van der Waals surface area contributed by atoms with Crippen LogP contribution >= 0.6 is 0 Å². The molecule has 0 bridgehead atoms. The lowest BCUT2D eigenvalue weighted by Gasteiger charge is -2.25. The summed E-state index contributed by atoms with van der Waals surface area (Å²) >= 11 is 0. The molecule has 1 heterocycles. The Morgan fingerprint density at radius 2 is 2.25 bits per heavy atom. The van der Waals surface area contributed by atoms with Crippen LogP contribution in [-0.2, 0) is 13.0 Å². The normalized spacial score (nSPS) is 18.2. The zero-order valence-electron chi connectivity index (χ0n) is 9.82. The third-order valence-corrected chi connectivity index (χ3v) is 3.26. The van der Waals surface area contributed by atoms with Gasteiger partial charge in [-0.25, -0.2) is 0 Å². The van der Waals surface area contributed by atoms with Gasteiger partial charge in [0.2, 0.25) is 0 Å². The summed E-state index contributed by atoms with van der Waals surface area (Å²) < 4.78 is 0. The summed E-state index contributed by atoms with van der Waals surface area (Å²) in [7, 11) is 2.14. The van der Waals surface area contributed by atoms with Crippen molar-refractivity contribution in [3.05, 3.63) is 34.9 Å². The maximum absolute atomic E-state index is 9.88. The third kappa shape index (κ3) is 2.43. The highest BCUT2D eigenvalue weighted by molar-refractivity contribution is 5.34. The molecule has 0 amide bonds. The van der Waals surface area contributed by atoms with Crippen molar-refractivity contribution in [3.8, 4) is 0 Å². The number of fused-ring (bicyclic) bond motifs is 1. The van der Waals surface area contributed by atoms with Gasteiger partial charge in [-0.2, -0.15) is 0 Å². The van der Waals surface area contributed by atoms with Gasteiger partial charge < -0.3 is 15.7 Å². The summed E-state index contributed by atoms with van der Waals surface area (Å²) in [5, 5.41) is 9.88. The minimum Gasteiger partial charge on any atom is -0.388 e. The summed E-state index contributed by atoms with van der Waals surface area (Å²) in [5.41, 5.74) is 9.23. The molecule has 2 rings (SSSR count). The summed E-state index contributed by atoms with van der Waals surface area (Å²) in [6.45, 7) is 2.65. The molecule has 0 saturated carbocycles. The van der Waals surface area contributed by atoms with Crippen LogP contribution in [-0.4, -0.2) is 30.1 Å². The van der Waals surface area contributed by atoms with Crippen molar-refractivity contribution in [2.75, 3.05) is 20.1 Å². The van der Waals surface area contributed by atoms with E-state index in [2.05, 4.69) is 24.1 Å². The van der Waals surface area contributed by atoms with Crippen LogP contribution in [0.3, 0.4) is 0 Å². The molecule has 1 aromatic carbocycles. The standard InChI is InChI=1S/C13H20N2O/c1-15-7-5-10-8-11(13(16)4-6-14)2-3-12(10)9-15/h2-3,8,13,16H,4-7,9,14H2,1H3. The molecule has 16 heavy (non-hydrogen) atoms.